The molecule has 0 atom stereocenters. The van der Waals surface area contributed by atoms with Gasteiger partial charge in [-0.1, -0.05) is 18.2 Å². The van der Waals surface area contributed by atoms with Crippen LogP contribution >= 0.6 is 0 Å². The minimum Gasteiger partial charge on any atom is -0.457 e. The van der Waals surface area contributed by atoms with Crippen LogP contribution in [0.25, 0.3) is 0 Å². The monoisotopic (exact) mass is 345 g/mol. The summed E-state index contributed by atoms with van der Waals surface area (Å²) in [7, 11) is 0. The van der Waals surface area contributed by atoms with Gasteiger partial charge in [-0.3, -0.25) is 10.1 Å². The van der Waals surface area contributed by atoms with Crippen molar-refractivity contribution < 1.29 is 9.66 Å². The first-order chi connectivity index (χ1) is 12.5. The third kappa shape index (κ3) is 4.14. The van der Waals surface area contributed by atoms with Crippen molar-refractivity contribution in [3.63, 3.8) is 0 Å². The Labute approximate surface area is 148 Å². The molecule has 0 aromatic heterocycles. The standard InChI is InChI=1S/C18H11N5O3/c1-12-4-2-3-5-18(12)26-16-7-14(6-15(8-16)23(24)25)22-17(11-21)13(9-19)10-20/h2-8,22H,1H3. The number of rotatable bonds is 5. The Hall–Kier alpha value is -4.35. The van der Waals surface area contributed by atoms with Crippen LogP contribution < -0.4 is 10.1 Å². The van der Waals surface area contributed by atoms with Gasteiger partial charge in [-0.25, -0.2) is 0 Å². The quantitative estimate of drug-likeness (QED) is 0.492. The Kier molecular flexibility index (Phi) is 5.51. The van der Waals surface area contributed by atoms with E-state index in [1.165, 1.54) is 18.2 Å². The number of anilines is 1. The normalized spacial score (nSPS) is 9.15. The van der Waals surface area contributed by atoms with Crippen molar-refractivity contribution >= 4 is 11.4 Å². The SMILES string of the molecule is Cc1ccccc1Oc1cc(NC(C#N)=C(C#N)C#N)cc([N+](=O)[O-])c1. The number of hydrogen-bond donors (Lipinski definition) is 1. The van der Waals surface area contributed by atoms with Gasteiger partial charge in [-0.2, -0.15) is 15.8 Å². The highest BCUT2D eigenvalue weighted by Crippen LogP contribution is 2.31. The minimum atomic E-state index is -0.610. The summed E-state index contributed by atoms with van der Waals surface area (Å²) in [6.07, 6.45) is 0. The third-order valence-corrected chi connectivity index (χ3v) is 3.28. The summed E-state index contributed by atoms with van der Waals surface area (Å²) in [6.45, 7) is 1.83. The van der Waals surface area contributed by atoms with Crippen LogP contribution in [0.2, 0.25) is 0 Å². The molecule has 2 rings (SSSR count). The van der Waals surface area contributed by atoms with Crippen LogP contribution in [0.1, 0.15) is 5.56 Å². The van der Waals surface area contributed by atoms with E-state index in [2.05, 4.69) is 5.32 Å². The molecular weight excluding hydrogens is 334 g/mol. The van der Waals surface area contributed by atoms with Gasteiger partial charge in [0, 0.05) is 17.8 Å². The summed E-state index contributed by atoms with van der Waals surface area (Å²) >= 11 is 0. The summed E-state index contributed by atoms with van der Waals surface area (Å²) in [5.41, 5.74) is -0.0336. The summed E-state index contributed by atoms with van der Waals surface area (Å²) in [4.78, 5) is 10.6. The molecule has 0 unspecified atom stereocenters. The van der Waals surface area contributed by atoms with Gasteiger partial charge in [0.15, 0.2) is 5.57 Å². The van der Waals surface area contributed by atoms with Gasteiger partial charge in [0.2, 0.25) is 0 Å². The number of benzene rings is 2. The summed E-state index contributed by atoms with van der Waals surface area (Å²) in [6, 6.07) is 15.9. The third-order valence-electron chi connectivity index (χ3n) is 3.28. The molecular formula is C18H11N5O3. The predicted molar refractivity (Wildman–Crippen MR) is 91.8 cm³/mol. The van der Waals surface area contributed by atoms with Crippen molar-refractivity contribution in [2.75, 3.05) is 5.32 Å². The van der Waals surface area contributed by atoms with Crippen molar-refractivity contribution in [2.24, 2.45) is 0 Å². The van der Waals surface area contributed by atoms with Gasteiger partial charge < -0.3 is 10.1 Å². The van der Waals surface area contributed by atoms with E-state index in [1.807, 2.05) is 19.1 Å². The van der Waals surface area contributed by atoms with E-state index < -0.39 is 10.5 Å². The van der Waals surface area contributed by atoms with E-state index in [4.69, 9.17) is 20.5 Å². The molecule has 0 amide bonds. The van der Waals surface area contributed by atoms with Crippen molar-refractivity contribution in [3.05, 3.63) is 69.4 Å². The van der Waals surface area contributed by atoms with Gasteiger partial charge in [0.25, 0.3) is 5.69 Å². The molecule has 2 aromatic carbocycles. The Morgan fingerprint density at radius 2 is 1.81 bits per heavy atom. The maximum Gasteiger partial charge on any atom is 0.275 e. The number of nitrogens with one attached hydrogen (secondary N) is 1. The van der Waals surface area contributed by atoms with Crippen LogP contribution in [0.5, 0.6) is 11.5 Å². The molecule has 0 saturated carbocycles. The average molecular weight is 345 g/mol. The second-order valence-electron chi connectivity index (χ2n) is 5.05. The lowest BCUT2D eigenvalue weighted by Crippen LogP contribution is -2.02. The number of aryl methyl sites for hydroxylation is 1. The van der Waals surface area contributed by atoms with Crippen molar-refractivity contribution in [3.8, 4) is 29.7 Å². The molecule has 0 radical (unpaired) electrons. The molecule has 0 heterocycles. The number of nitriles is 3. The van der Waals surface area contributed by atoms with Crippen LogP contribution in [-0.4, -0.2) is 4.92 Å². The molecule has 1 N–H and O–H groups in total. The highest BCUT2D eigenvalue weighted by molar-refractivity contribution is 5.63. The zero-order chi connectivity index (χ0) is 19.1. The average Bonchev–Trinajstić information content (AvgIpc) is 2.63. The zero-order valence-electron chi connectivity index (χ0n) is 13.6. The van der Waals surface area contributed by atoms with Crippen LogP contribution in [0.15, 0.2) is 53.7 Å². The van der Waals surface area contributed by atoms with Gasteiger partial charge in [-0.15, -0.1) is 0 Å². The molecule has 0 fully saturated rings. The molecule has 0 aliphatic carbocycles. The van der Waals surface area contributed by atoms with E-state index in [-0.39, 0.29) is 22.8 Å². The minimum absolute atomic E-state index is 0.141. The highest BCUT2D eigenvalue weighted by Gasteiger charge is 2.14. The summed E-state index contributed by atoms with van der Waals surface area (Å²) in [5.74, 6) is 0.688. The molecule has 0 saturated heterocycles. The Bertz CT molecular complexity index is 1010. The predicted octanol–water partition coefficient (Wildman–Crippen LogP) is 3.93. The van der Waals surface area contributed by atoms with E-state index in [1.54, 1.807) is 30.3 Å². The molecule has 0 bridgehead atoms. The lowest BCUT2D eigenvalue weighted by atomic mass is 10.2. The van der Waals surface area contributed by atoms with Gasteiger partial charge in [-0.05, 0) is 18.6 Å². The molecule has 0 aliphatic rings. The van der Waals surface area contributed by atoms with Crippen molar-refractivity contribution in [1.82, 2.24) is 0 Å². The molecule has 26 heavy (non-hydrogen) atoms. The summed E-state index contributed by atoms with van der Waals surface area (Å²) in [5, 5.41) is 40.6. The molecule has 126 valence electrons. The number of allylic oxidation sites excluding steroid dienone is 2. The van der Waals surface area contributed by atoms with E-state index in [0.29, 0.717) is 5.75 Å². The van der Waals surface area contributed by atoms with E-state index >= 15 is 0 Å². The molecule has 8 nitrogen and oxygen atoms in total. The topological polar surface area (TPSA) is 136 Å². The van der Waals surface area contributed by atoms with Gasteiger partial charge in [0.05, 0.1) is 11.0 Å². The number of nitro benzene ring substituents is 1. The molecule has 8 heteroatoms. The smallest absolute Gasteiger partial charge is 0.275 e. The van der Waals surface area contributed by atoms with Gasteiger partial charge >= 0.3 is 0 Å². The zero-order valence-corrected chi connectivity index (χ0v) is 13.6. The first-order valence-electron chi connectivity index (χ1n) is 7.23. The number of nitrogens with zero attached hydrogens (tertiary/aromatic N) is 4. The first kappa shape index (κ1) is 18.0. The Morgan fingerprint density at radius 1 is 1.12 bits per heavy atom. The van der Waals surface area contributed by atoms with Crippen LogP contribution in [0.4, 0.5) is 11.4 Å². The molecule has 0 spiro atoms. The van der Waals surface area contributed by atoms with Crippen molar-refractivity contribution in [1.29, 1.82) is 15.8 Å². The maximum absolute atomic E-state index is 11.2. The second-order valence-corrected chi connectivity index (χ2v) is 5.05. The number of para-hydroxylation sites is 1. The molecule has 0 aliphatic heterocycles. The van der Waals surface area contributed by atoms with Crippen LogP contribution in [0, 0.1) is 51.0 Å². The fourth-order valence-electron chi connectivity index (χ4n) is 2.05. The largest absolute Gasteiger partial charge is 0.457 e. The Morgan fingerprint density at radius 3 is 2.38 bits per heavy atom. The lowest BCUT2D eigenvalue weighted by molar-refractivity contribution is -0.384. The van der Waals surface area contributed by atoms with Crippen molar-refractivity contribution in [2.45, 2.75) is 6.92 Å². The summed E-state index contributed by atoms with van der Waals surface area (Å²) < 4.78 is 5.70. The fourth-order valence-corrected chi connectivity index (χ4v) is 2.05. The van der Waals surface area contributed by atoms with Gasteiger partial charge in [0.1, 0.15) is 35.4 Å². The maximum atomic E-state index is 11.2. The number of ether oxygens (including phenoxy) is 1. The van der Waals surface area contributed by atoms with E-state index in [9.17, 15) is 10.1 Å². The van der Waals surface area contributed by atoms with E-state index in [0.717, 1.165) is 5.56 Å². The highest BCUT2D eigenvalue weighted by atomic mass is 16.6. The Balaban J connectivity index is 2.47. The number of nitro groups is 1. The first-order valence-corrected chi connectivity index (χ1v) is 7.23. The van der Waals surface area contributed by atoms with Crippen LogP contribution in [0.3, 0.4) is 0 Å². The second kappa shape index (κ2) is 7.96. The molecule has 2 aromatic rings. The van der Waals surface area contributed by atoms with Crippen LogP contribution in [-0.2, 0) is 0 Å². The fraction of sp³-hybridized carbons (Fsp3) is 0.0556. The number of hydrogen-bond acceptors (Lipinski definition) is 7. The lowest BCUT2D eigenvalue weighted by Gasteiger charge is -2.11. The number of non-ortho nitro benzene ring substituents is 1.